The average Bonchev–Trinajstić information content (AvgIpc) is 2.63. The van der Waals surface area contributed by atoms with Crippen molar-refractivity contribution >= 4 is 11.3 Å². The maximum absolute atomic E-state index is 4.36. The van der Waals surface area contributed by atoms with Crippen molar-refractivity contribution in [2.45, 2.75) is 51.6 Å². The molecular weight excluding hydrogens is 192 g/mol. The molecule has 1 N–H and O–H groups in total. The molecule has 3 heteroatoms. The molecule has 1 aliphatic carbocycles. The van der Waals surface area contributed by atoms with E-state index in [0.29, 0.717) is 0 Å². The Morgan fingerprint density at radius 2 is 2.21 bits per heavy atom. The van der Waals surface area contributed by atoms with Crippen LogP contribution in [0.4, 0.5) is 0 Å². The van der Waals surface area contributed by atoms with Crippen LogP contribution in [0.2, 0.25) is 0 Å². The highest BCUT2D eigenvalue weighted by molar-refractivity contribution is 7.11. The van der Waals surface area contributed by atoms with Gasteiger partial charge in [-0.25, -0.2) is 4.98 Å². The van der Waals surface area contributed by atoms with Crippen molar-refractivity contribution in [1.29, 1.82) is 0 Å². The fourth-order valence-electron chi connectivity index (χ4n) is 2.02. The summed E-state index contributed by atoms with van der Waals surface area (Å²) in [7, 11) is 0. The smallest absolute Gasteiger partial charge is 0.107 e. The van der Waals surface area contributed by atoms with Crippen molar-refractivity contribution in [3.05, 3.63) is 16.1 Å². The van der Waals surface area contributed by atoms with Crippen LogP contribution in [0, 0.1) is 6.92 Å². The Morgan fingerprint density at radius 1 is 1.43 bits per heavy atom. The molecule has 1 fully saturated rings. The van der Waals surface area contributed by atoms with Crippen molar-refractivity contribution in [3.63, 3.8) is 0 Å². The minimum atomic E-state index is 0.743. The summed E-state index contributed by atoms with van der Waals surface area (Å²) in [6.45, 7) is 3.07. The van der Waals surface area contributed by atoms with Crippen LogP contribution in [-0.2, 0) is 6.54 Å². The van der Waals surface area contributed by atoms with Crippen LogP contribution in [-0.4, -0.2) is 11.0 Å². The molecule has 0 atom stereocenters. The van der Waals surface area contributed by atoms with Crippen LogP contribution in [0.3, 0.4) is 0 Å². The molecule has 1 aromatic heterocycles. The van der Waals surface area contributed by atoms with Gasteiger partial charge in [-0.05, 0) is 19.8 Å². The van der Waals surface area contributed by atoms with E-state index in [0.717, 1.165) is 12.6 Å². The first kappa shape index (κ1) is 10.1. The molecule has 78 valence electrons. The summed E-state index contributed by atoms with van der Waals surface area (Å²) < 4.78 is 0. The fourth-order valence-corrected chi connectivity index (χ4v) is 2.76. The predicted molar refractivity (Wildman–Crippen MR) is 60.6 cm³/mol. The van der Waals surface area contributed by atoms with E-state index in [1.807, 2.05) is 6.20 Å². The van der Waals surface area contributed by atoms with Gasteiger partial charge in [0.15, 0.2) is 0 Å². The van der Waals surface area contributed by atoms with Crippen molar-refractivity contribution in [3.8, 4) is 0 Å². The lowest BCUT2D eigenvalue weighted by Crippen LogP contribution is -2.30. The normalized spacial score (nSPS) is 18.6. The molecule has 0 spiro atoms. The summed E-state index contributed by atoms with van der Waals surface area (Å²) in [5, 5.41) is 4.83. The SMILES string of the molecule is Cc1cnc(CNC2CCCCC2)s1. The Balaban J connectivity index is 1.76. The predicted octanol–water partition coefficient (Wildman–Crippen LogP) is 2.87. The number of thiazole rings is 1. The summed E-state index contributed by atoms with van der Waals surface area (Å²) >= 11 is 1.80. The second-order valence-corrected chi connectivity index (χ2v) is 5.40. The van der Waals surface area contributed by atoms with Crippen molar-refractivity contribution < 1.29 is 0 Å². The molecule has 1 aromatic rings. The Hall–Kier alpha value is -0.410. The van der Waals surface area contributed by atoms with Crippen LogP contribution < -0.4 is 5.32 Å². The number of aryl methyl sites for hydroxylation is 1. The Bertz CT molecular complexity index is 277. The number of hydrogen-bond donors (Lipinski definition) is 1. The molecule has 0 unspecified atom stereocenters. The van der Waals surface area contributed by atoms with Gasteiger partial charge in [-0.3, -0.25) is 0 Å². The second-order valence-electron chi connectivity index (χ2n) is 4.08. The lowest BCUT2D eigenvalue weighted by molar-refractivity contribution is 0.372. The Labute approximate surface area is 89.8 Å². The van der Waals surface area contributed by atoms with E-state index in [4.69, 9.17) is 0 Å². The fraction of sp³-hybridized carbons (Fsp3) is 0.727. The van der Waals surface area contributed by atoms with Crippen LogP contribution in [0.25, 0.3) is 0 Å². The quantitative estimate of drug-likeness (QED) is 0.829. The third-order valence-electron chi connectivity index (χ3n) is 2.82. The number of nitrogens with one attached hydrogen (secondary N) is 1. The molecule has 0 radical (unpaired) electrons. The van der Waals surface area contributed by atoms with Crippen molar-refractivity contribution in [2.24, 2.45) is 0 Å². The van der Waals surface area contributed by atoms with Crippen LogP contribution in [0.15, 0.2) is 6.20 Å². The highest BCUT2D eigenvalue weighted by atomic mass is 32.1. The van der Waals surface area contributed by atoms with Gasteiger partial charge in [0, 0.05) is 23.7 Å². The van der Waals surface area contributed by atoms with Gasteiger partial charge < -0.3 is 5.32 Å². The van der Waals surface area contributed by atoms with Gasteiger partial charge in [0.25, 0.3) is 0 Å². The number of aromatic nitrogens is 1. The molecule has 0 amide bonds. The molecule has 14 heavy (non-hydrogen) atoms. The molecule has 2 rings (SSSR count). The van der Waals surface area contributed by atoms with Gasteiger partial charge in [0.2, 0.25) is 0 Å². The van der Waals surface area contributed by atoms with E-state index in [-0.39, 0.29) is 0 Å². The van der Waals surface area contributed by atoms with E-state index in [9.17, 15) is 0 Å². The number of nitrogens with zero attached hydrogens (tertiary/aromatic N) is 1. The van der Waals surface area contributed by atoms with Crippen LogP contribution >= 0.6 is 11.3 Å². The Kier molecular flexibility index (Phi) is 3.54. The molecule has 0 saturated heterocycles. The molecule has 2 nitrogen and oxygen atoms in total. The summed E-state index contributed by atoms with van der Waals surface area (Å²) in [6, 6.07) is 0.743. The van der Waals surface area contributed by atoms with E-state index in [2.05, 4.69) is 17.2 Å². The molecule has 1 saturated carbocycles. The molecule has 0 bridgehead atoms. The van der Waals surface area contributed by atoms with E-state index in [1.165, 1.54) is 42.0 Å². The molecule has 1 heterocycles. The lowest BCUT2D eigenvalue weighted by Gasteiger charge is -2.22. The van der Waals surface area contributed by atoms with E-state index >= 15 is 0 Å². The van der Waals surface area contributed by atoms with Crippen molar-refractivity contribution in [1.82, 2.24) is 10.3 Å². The average molecular weight is 210 g/mol. The monoisotopic (exact) mass is 210 g/mol. The molecule has 1 aliphatic rings. The molecular formula is C11H18N2S. The maximum Gasteiger partial charge on any atom is 0.107 e. The van der Waals surface area contributed by atoms with Crippen LogP contribution in [0.5, 0.6) is 0 Å². The first-order valence-corrected chi connectivity index (χ1v) is 6.31. The first-order chi connectivity index (χ1) is 6.84. The minimum absolute atomic E-state index is 0.743. The summed E-state index contributed by atoms with van der Waals surface area (Å²) in [5.41, 5.74) is 0. The number of rotatable bonds is 3. The third kappa shape index (κ3) is 2.79. The van der Waals surface area contributed by atoms with Crippen molar-refractivity contribution in [2.75, 3.05) is 0 Å². The topological polar surface area (TPSA) is 24.9 Å². The zero-order chi connectivity index (χ0) is 9.80. The second kappa shape index (κ2) is 4.89. The maximum atomic E-state index is 4.36. The highest BCUT2D eigenvalue weighted by Gasteiger charge is 2.12. The van der Waals surface area contributed by atoms with E-state index < -0.39 is 0 Å². The van der Waals surface area contributed by atoms with Gasteiger partial charge in [0.05, 0.1) is 0 Å². The largest absolute Gasteiger partial charge is 0.308 e. The highest BCUT2D eigenvalue weighted by Crippen LogP contribution is 2.18. The lowest BCUT2D eigenvalue weighted by atomic mass is 9.96. The van der Waals surface area contributed by atoms with Gasteiger partial charge >= 0.3 is 0 Å². The van der Waals surface area contributed by atoms with Gasteiger partial charge in [0.1, 0.15) is 5.01 Å². The van der Waals surface area contributed by atoms with Gasteiger partial charge in [-0.2, -0.15) is 0 Å². The zero-order valence-corrected chi connectivity index (χ0v) is 9.57. The van der Waals surface area contributed by atoms with Gasteiger partial charge in [-0.1, -0.05) is 19.3 Å². The number of hydrogen-bond acceptors (Lipinski definition) is 3. The molecule has 0 aromatic carbocycles. The van der Waals surface area contributed by atoms with E-state index in [1.54, 1.807) is 11.3 Å². The Morgan fingerprint density at radius 3 is 2.86 bits per heavy atom. The van der Waals surface area contributed by atoms with Crippen LogP contribution in [0.1, 0.15) is 42.0 Å². The summed E-state index contributed by atoms with van der Waals surface area (Å²) in [5.74, 6) is 0. The minimum Gasteiger partial charge on any atom is -0.308 e. The standard InChI is InChI=1S/C11H18N2S/c1-9-7-13-11(14-9)8-12-10-5-3-2-4-6-10/h7,10,12H,2-6,8H2,1H3. The van der Waals surface area contributed by atoms with Gasteiger partial charge in [-0.15, -0.1) is 11.3 Å². The summed E-state index contributed by atoms with van der Waals surface area (Å²) in [6.07, 6.45) is 8.88. The zero-order valence-electron chi connectivity index (χ0n) is 8.75. The third-order valence-corrected chi connectivity index (χ3v) is 3.73. The first-order valence-electron chi connectivity index (χ1n) is 5.49. The molecule has 0 aliphatic heterocycles. The summed E-state index contributed by atoms with van der Waals surface area (Å²) in [4.78, 5) is 5.67.